The van der Waals surface area contributed by atoms with Gasteiger partial charge in [-0.2, -0.15) is 18.3 Å². The van der Waals surface area contributed by atoms with Crippen molar-refractivity contribution in [2.75, 3.05) is 36.4 Å². The van der Waals surface area contributed by atoms with Crippen molar-refractivity contribution in [3.8, 4) is 0 Å². The molecule has 11 heteroatoms. The molecule has 0 saturated carbocycles. The molecule has 1 saturated heterocycles. The number of aromatic nitrogens is 2. The summed E-state index contributed by atoms with van der Waals surface area (Å²) < 4.78 is 42.9. The van der Waals surface area contributed by atoms with E-state index in [1.807, 2.05) is 30.3 Å². The standard InChI is InChI=1S/C24H22Cl2F3N5O/c25-16-8-6-15(7-9-16)18-14-19(24(27,28)29)34-22(30-18)20(26)21(31-34)23(35)33-12-10-32(11-13-33)17-4-2-1-3-5-17/h1-9,18-19,30H,10-14H2/t18-,19-/m0/s1. The Kier molecular flexibility index (Phi) is 6.31. The van der Waals surface area contributed by atoms with Crippen molar-refractivity contribution in [1.82, 2.24) is 14.7 Å². The number of piperazine rings is 1. The van der Waals surface area contributed by atoms with Crippen molar-refractivity contribution >= 4 is 40.6 Å². The summed E-state index contributed by atoms with van der Waals surface area (Å²) in [5.41, 5.74) is 1.52. The number of amides is 1. The summed E-state index contributed by atoms with van der Waals surface area (Å²) >= 11 is 12.4. The fraction of sp³-hybridized carbons (Fsp3) is 0.333. The van der Waals surface area contributed by atoms with E-state index in [2.05, 4.69) is 15.3 Å². The number of carbonyl (C=O) groups excluding carboxylic acids is 1. The van der Waals surface area contributed by atoms with Crippen molar-refractivity contribution in [2.24, 2.45) is 0 Å². The van der Waals surface area contributed by atoms with Gasteiger partial charge in [0.2, 0.25) is 0 Å². The Labute approximate surface area is 210 Å². The molecule has 3 aromatic rings. The molecule has 35 heavy (non-hydrogen) atoms. The Morgan fingerprint density at radius 1 is 0.971 bits per heavy atom. The van der Waals surface area contributed by atoms with Gasteiger partial charge >= 0.3 is 6.18 Å². The van der Waals surface area contributed by atoms with Crippen LogP contribution in [0.5, 0.6) is 0 Å². The summed E-state index contributed by atoms with van der Waals surface area (Å²) in [5.74, 6) is -0.484. The smallest absolute Gasteiger partial charge is 0.368 e. The summed E-state index contributed by atoms with van der Waals surface area (Å²) in [7, 11) is 0. The van der Waals surface area contributed by atoms with Crippen LogP contribution in [-0.2, 0) is 0 Å². The van der Waals surface area contributed by atoms with Crippen molar-refractivity contribution < 1.29 is 18.0 Å². The highest BCUT2D eigenvalue weighted by molar-refractivity contribution is 6.36. The van der Waals surface area contributed by atoms with Crippen LogP contribution in [0.15, 0.2) is 54.6 Å². The van der Waals surface area contributed by atoms with E-state index < -0.39 is 24.2 Å². The first-order valence-electron chi connectivity index (χ1n) is 11.2. The zero-order chi connectivity index (χ0) is 24.7. The van der Waals surface area contributed by atoms with E-state index in [0.717, 1.165) is 10.4 Å². The van der Waals surface area contributed by atoms with Gasteiger partial charge < -0.3 is 15.1 Å². The molecule has 184 valence electrons. The number of alkyl halides is 3. The first-order valence-corrected chi connectivity index (χ1v) is 11.9. The quantitative estimate of drug-likeness (QED) is 0.470. The molecule has 1 fully saturated rings. The van der Waals surface area contributed by atoms with Gasteiger partial charge in [-0.25, -0.2) is 4.68 Å². The van der Waals surface area contributed by atoms with E-state index in [9.17, 15) is 18.0 Å². The molecule has 1 amide bonds. The second-order valence-corrected chi connectivity index (χ2v) is 9.43. The fourth-order valence-corrected chi connectivity index (χ4v) is 4.98. The predicted octanol–water partition coefficient (Wildman–Crippen LogP) is 5.81. The Morgan fingerprint density at radius 2 is 1.63 bits per heavy atom. The number of anilines is 2. The van der Waals surface area contributed by atoms with Crippen molar-refractivity contribution in [3.05, 3.63) is 75.9 Å². The number of benzene rings is 2. The first kappa shape index (κ1) is 23.8. The Balaban J connectivity index is 1.39. The molecule has 2 aliphatic heterocycles. The van der Waals surface area contributed by atoms with Crippen LogP contribution in [-0.4, -0.2) is 52.9 Å². The predicted molar refractivity (Wildman–Crippen MR) is 129 cm³/mol. The highest BCUT2D eigenvalue weighted by Crippen LogP contribution is 2.46. The highest BCUT2D eigenvalue weighted by Gasteiger charge is 2.48. The molecule has 5 rings (SSSR count). The molecular formula is C24H22Cl2F3N5O. The molecular weight excluding hydrogens is 502 g/mol. The second-order valence-electron chi connectivity index (χ2n) is 8.61. The van der Waals surface area contributed by atoms with Crippen LogP contribution < -0.4 is 10.2 Å². The van der Waals surface area contributed by atoms with Crippen LogP contribution in [0.3, 0.4) is 0 Å². The molecule has 0 aliphatic carbocycles. The molecule has 6 nitrogen and oxygen atoms in total. The summed E-state index contributed by atoms with van der Waals surface area (Å²) in [6, 6.07) is 13.8. The van der Waals surface area contributed by atoms with E-state index in [1.165, 1.54) is 0 Å². The van der Waals surface area contributed by atoms with Crippen LogP contribution in [0.1, 0.15) is 34.6 Å². The largest absolute Gasteiger partial charge is 0.410 e. The third-order valence-electron chi connectivity index (χ3n) is 6.46. The van der Waals surface area contributed by atoms with Crippen LogP contribution >= 0.6 is 23.2 Å². The van der Waals surface area contributed by atoms with Crippen molar-refractivity contribution in [3.63, 3.8) is 0 Å². The molecule has 2 aliphatic rings. The fourth-order valence-electron chi connectivity index (χ4n) is 4.60. The number of hydrogen-bond acceptors (Lipinski definition) is 4. The topological polar surface area (TPSA) is 53.4 Å². The van der Waals surface area contributed by atoms with Gasteiger partial charge in [0, 0.05) is 43.3 Å². The van der Waals surface area contributed by atoms with Gasteiger partial charge in [0.05, 0.1) is 6.04 Å². The average molecular weight is 524 g/mol. The van der Waals surface area contributed by atoms with E-state index in [-0.39, 0.29) is 23.0 Å². The van der Waals surface area contributed by atoms with Crippen molar-refractivity contribution in [1.29, 1.82) is 0 Å². The van der Waals surface area contributed by atoms with Gasteiger partial charge in [0.15, 0.2) is 11.7 Å². The first-order chi connectivity index (χ1) is 16.7. The van der Waals surface area contributed by atoms with Crippen LogP contribution in [0.25, 0.3) is 0 Å². The maximum Gasteiger partial charge on any atom is 0.410 e. The molecule has 1 N–H and O–H groups in total. The molecule has 0 bridgehead atoms. The number of fused-ring (bicyclic) bond motifs is 1. The van der Waals surface area contributed by atoms with Gasteiger partial charge in [-0.05, 0) is 29.8 Å². The molecule has 0 unspecified atom stereocenters. The minimum absolute atomic E-state index is 0.00790. The molecule has 2 atom stereocenters. The zero-order valence-electron chi connectivity index (χ0n) is 18.5. The summed E-state index contributed by atoms with van der Waals surface area (Å²) in [5, 5.41) is 7.51. The summed E-state index contributed by atoms with van der Waals surface area (Å²) in [4.78, 5) is 17.0. The van der Waals surface area contributed by atoms with E-state index in [0.29, 0.717) is 36.8 Å². The SMILES string of the molecule is O=C(c1nn2c(c1Cl)N[C@H](c1ccc(Cl)cc1)C[C@H]2C(F)(F)F)N1CCN(c2ccccc2)CC1. The van der Waals surface area contributed by atoms with Crippen LogP contribution in [0, 0.1) is 0 Å². The minimum Gasteiger partial charge on any atom is -0.368 e. The van der Waals surface area contributed by atoms with E-state index in [1.54, 1.807) is 29.2 Å². The molecule has 0 spiro atoms. The third kappa shape index (κ3) is 4.67. The number of carbonyl (C=O) groups is 1. The van der Waals surface area contributed by atoms with E-state index in [4.69, 9.17) is 23.2 Å². The second kappa shape index (κ2) is 9.28. The Bertz CT molecular complexity index is 1210. The summed E-state index contributed by atoms with van der Waals surface area (Å²) in [6.45, 7) is 2.03. The lowest BCUT2D eigenvalue weighted by atomic mass is 9.97. The van der Waals surface area contributed by atoms with Crippen LogP contribution in [0.4, 0.5) is 24.7 Å². The highest BCUT2D eigenvalue weighted by atomic mass is 35.5. The number of rotatable bonds is 3. The Morgan fingerprint density at radius 3 is 2.26 bits per heavy atom. The minimum atomic E-state index is -4.57. The number of halogens is 5. The van der Waals surface area contributed by atoms with Gasteiger partial charge in [0.25, 0.3) is 5.91 Å². The van der Waals surface area contributed by atoms with Gasteiger partial charge in [0.1, 0.15) is 10.8 Å². The van der Waals surface area contributed by atoms with Crippen LogP contribution in [0.2, 0.25) is 10.0 Å². The lowest BCUT2D eigenvalue weighted by Crippen LogP contribution is -2.49. The van der Waals surface area contributed by atoms with E-state index >= 15 is 0 Å². The lowest BCUT2D eigenvalue weighted by Gasteiger charge is -2.35. The zero-order valence-corrected chi connectivity index (χ0v) is 20.0. The number of nitrogens with one attached hydrogen (secondary N) is 1. The number of hydrogen-bond donors (Lipinski definition) is 1. The average Bonchev–Trinajstić information content (AvgIpc) is 3.19. The number of para-hydroxylation sites is 1. The normalized spacial score (nSPS) is 20.4. The molecule has 1 aromatic heterocycles. The monoisotopic (exact) mass is 523 g/mol. The molecule has 3 heterocycles. The Hall–Kier alpha value is -2.91. The molecule has 2 aromatic carbocycles. The molecule has 0 radical (unpaired) electrons. The maximum absolute atomic E-state index is 14.0. The lowest BCUT2D eigenvalue weighted by molar-refractivity contribution is -0.173. The van der Waals surface area contributed by atoms with Gasteiger partial charge in [-0.15, -0.1) is 0 Å². The van der Waals surface area contributed by atoms with Gasteiger partial charge in [-0.3, -0.25) is 4.79 Å². The third-order valence-corrected chi connectivity index (χ3v) is 7.07. The van der Waals surface area contributed by atoms with Gasteiger partial charge in [-0.1, -0.05) is 53.5 Å². The number of nitrogens with zero attached hydrogens (tertiary/aromatic N) is 4. The maximum atomic E-state index is 14.0. The van der Waals surface area contributed by atoms with Crippen molar-refractivity contribution in [2.45, 2.75) is 24.7 Å². The summed E-state index contributed by atoms with van der Waals surface area (Å²) in [6.07, 6.45) is -4.86.